The van der Waals surface area contributed by atoms with Crippen LogP contribution in [-0.2, 0) is 19.1 Å². The molecule has 0 aliphatic carbocycles. The second-order valence-electron chi connectivity index (χ2n) is 6.61. The summed E-state index contributed by atoms with van der Waals surface area (Å²) in [5, 5.41) is 6.75. The zero-order chi connectivity index (χ0) is 19.7. The molecule has 1 fully saturated rings. The van der Waals surface area contributed by atoms with Crippen molar-refractivity contribution in [2.75, 3.05) is 33.4 Å². The molecule has 1 aromatic rings. The maximum Gasteiger partial charge on any atom is 0.338 e. The van der Waals surface area contributed by atoms with Crippen molar-refractivity contribution in [2.45, 2.75) is 19.4 Å². The molecule has 1 atom stereocenters. The van der Waals surface area contributed by atoms with Crippen LogP contribution in [0.2, 0.25) is 0 Å². The molecule has 148 valence electrons. The van der Waals surface area contributed by atoms with Gasteiger partial charge in [0.1, 0.15) is 0 Å². The zero-order valence-corrected chi connectivity index (χ0v) is 17.3. The number of aliphatic imine (C=N–C) groups is 1. The number of fused-ring (bicyclic) bond motifs is 1. The smallest absolute Gasteiger partial charge is 0.338 e. The first-order valence-corrected chi connectivity index (χ1v) is 10.8. The van der Waals surface area contributed by atoms with Crippen LogP contribution < -0.4 is 0 Å². The fourth-order valence-electron chi connectivity index (χ4n) is 3.57. The maximum atomic E-state index is 12.8. The Labute approximate surface area is 171 Å². The highest BCUT2D eigenvalue weighted by Gasteiger charge is 2.41. The molecule has 9 heteroatoms. The Morgan fingerprint density at radius 1 is 1.36 bits per heavy atom. The normalized spacial score (nSPS) is 22.0. The number of amides is 1. The van der Waals surface area contributed by atoms with Crippen LogP contribution in [0.4, 0.5) is 0 Å². The molecule has 1 amide bonds. The van der Waals surface area contributed by atoms with Gasteiger partial charge in [0.25, 0.3) is 0 Å². The number of ether oxygens (including phenoxy) is 2. The molecule has 4 heterocycles. The highest BCUT2D eigenvalue weighted by Crippen LogP contribution is 2.45. The van der Waals surface area contributed by atoms with Gasteiger partial charge in [-0.3, -0.25) is 4.79 Å². The Kier molecular flexibility index (Phi) is 5.56. The standard InChI is InChI=1S/C19H21N3O4S2/c1-12-16(18(24)25-2)17(13-3-8-27-10-13)22-14(11-28-19(22)20-12)9-15(23)21-4-6-26-7-5-21/h3,8,10-11,17H,4-7,9H2,1-2H3. The third kappa shape index (κ3) is 3.49. The minimum atomic E-state index is -0.396. The summed E-state index contributed by atoms with van der Waals surface area (Å²) in [6.45, 7) is 4.19. The molecular formula is C19H21N3O4S2. The van der Waals surface area contributed by atoms with Gasteiger partial charge in [-0.05, 0) is 34.7 Å². The highest BCUT2D eigenvalue weighted by molar-refractivity contribution is 8.16. The molecule has 0 N–H and O–H groups in total. The number of allylic oxidation sites excluding steroid dienone is 1. The minimum absolute atomic E-state index is 0.0614. The second kappa shape index (κ2) is 8.10. The second-order valence-corrected chi connectivity index (χ2v) is 8.23. The lowest BCUT2D eigenvalue weighted by atomic mass is 9.96. The van der Waals surface area contributed by atoms with Gasteiger partial charge in [0.05, 0.1) is 44.1 Å². The van der Waals surface area contributed by atoms with Crippen LogP contribution in [0.1, 0.15) is 24.9 Å². The van der Waals surface area contributed by atoms with Crippen molar-refractivity contribution >= 4 is 40.1 Å². The zero-order valence-electron chi connectivity index (χ0n) is 15.7. The van der Waals surface area contributed by atoms with Crippen molar-refractivity contribution < 1.29 is 19.1 Å². The summed E-state index contributed by atoms with van der Waals surface area (Å²) in [6, 6.07) is 1.66. The van der Waals surface area contributed by atoms with Gasteiger partial charge < -0.3 is 19.3 Å². The number of morpholine rings is 1. The summed E-state index contributed by atoms with van der Waals surface area (Å²) < 4.78 is 10.4. The Morgan fingerprint density at radius 3 is 2.82 bits per heavy atom. The van der Waals surface area contributed by atoms with Crippen molar-refractivity contribution in [3.8, 4) is 0 Å². The van der Waals surface area contributed by atoms with E-state index in [4.69, 9.17) is 9.47 Å². The van der Waals surface area contributed by atoms with E-state index in [1.165, 1.54) is 18.9 Å². The number of amidine groups is 1. The summed E-state index contributed by atoms with van der Waals surface area (Å²) in [5.41, 5.74) is 3.00. The van der Waals surface area contributed by atoms with E-state index < -0.39 is 5.97 Å². The lowest BCUT2D eigenvalue weighted by Gasteiger charge is -2.36. The molecule has 1 saturated heterocycles. The van der Waals surface area contributed by atoms with Gasteiger partial charge in [-0.15, -0.1) is 0 Å². The van der Waals surface area contributed by atoms with Crippen LogP contribution in [0.3, 0.4) is 0 Å². The van der Waals surface area contributed by atoms with Gasteiger partial charge in [0, 0.05) is 18.8 Å². The predicted octanol–water partition coefficient (Wildman–Crippen LogP) is 2.74. The Balaban J connectivity index is 1.65. The van der Waals surface area contributed by atoms with E-state index in [0.29, 0.717) is 37.6 Å². The maximum absolute atomic E-state index is 12.8. The first-order chi connectivity index (χ1) is 13.6. The molecule has 28 heavy (non-hydrogen) atoms. The van der Waals surface area contributed by atoms with E-state index in [-0.39, 0.29) is 18.4 Å². The molecule has 0 spiro atoms. The molecule has 1 unspecified atom stereocenters. The molecule has 1 aromatic heterocycles. The summed E-state index contributed by atoms with van der Waals surface area (Å²) in [4.78, 5) is 33.8. The quantitative estimate of drug-likeness (QED) is 0.699. The van der Waals surface area contributed by atoms with Crippen molar-refractivity contribution in [1.29, 1.82) is 0 Å². The lowest BCUT2D eigenvalue weighted by Crippen LogP contribution is -2.42. The van der Waals surface area contributed by atoms with E-state index >= 15 is 0 Å². The van der Waals surface area contributed by atoms with E-state index in [0.717, 1.165) is 16.4 Å². The number of carbonyl (C=O) groups excluding carboxylic acids is 2. The third-order valence-electron chi connectivity index (χ3n) is 4.96. The Hall–Kier alpha value is -2.10. The number of hydrogen-bond acceptors (Lipinski definition) is 8. The van der Waals surface area contributed by atoms with Gasteiger partial charge >= 0.3 is 5.97 Å². The molecule has 0 radical (unpaired) electrons. The van der Waals surface area contributed by atoms with E-state index in [9.17, 15) is 9.59 Å². The number of carbonyl (C=O) groups is 2. The van der Waals surface area contributed by atoms with Crippen molar-refractivity contribution in [1.82, 2.24) is 9.80 Å². The SMILES string of the molecule is COC(=O)C1=C(C)N=C2SC=C(CC(=O)N3CCOCC3)N2C1c1ccsc1. The van der Waals surface area contributed by atoms with Gasteiger partial charge in [0.2, 0.25) is 5.91 Å². The largest absolute Gasteiger partial charge is 0.466 e. The van der Waals surface area contributed by atoms with E-state index in [2.05, 4.69) is 4.99 Å². The monoisotopic (exact) mass is 419 g/mol. The third-order valence-corrected chi connectivity index (χ3v) is 6.55. The van der Waals surface area contributed by atoms with Crippen LogP contribution in [0.5, 0.6) is 0 Å². The predicted molar refractivity (Wildman–Crippen MR) is 109 cm³/mol. The minimum Gasteiger partial charge on any atom is -0.466 e. The molecule has 0 saturated carbocycles. The van der Waals surface area contributed by atoms with Gasteiger partial charge in [-0.1, -0.05) is 11.8 Å². The van der Waals surface area contributed by atoms with Crippen LogP contribution in [0.15, 0.2) is 44.2 Å². The van der Waals surface area contributed by atoms with Crippen molar-refractivity contribution in [3.05, 3.63) is 44.8 Å². The Bertz CT molecular complexity index is 870. The molecule has 3 aliphatic rings. The summed E-state index contributed by atoms with van der Waals surface area (Å²) >= 11 is 3.06. The van der Waals surface area contributed by atoms with Crippen LogP contribution >= 0.6 is 23.1 Å². The van der Waals surface area contributed by atoms with Gasteiger partial charge in [-0.25, -0.2) is 9.79 Å². The molecule has 3 aliphatic heterocycles. The Morgan fingerprint density at radius 2 is 2.14 bits per heavy atom. The number of hydrogen-bond donors (Lipinski definition) is 0. The molecule has 0 aromatic carbocycles. The number of nitrogens with zero attached hydrogens (tertiary/aromatic N) is 3. The average molecular weight is 420 g/mol. The first-order valence-electron chi connectivity index (χ1n) is 9.00. The molecule has 0 bridgehead atoms. The molecular weight excluding hydrogens is 398 g/mol. The fraction of sp³-hybridized carbons (Fsp3) is 0.421. The van der Waals surface area contributed by atoms with Crippen molar-refractivity contribution in [2.24, 2.45) is 4.99 Å². The van der Waals surface area contributed by atoms with E-state index in [1.807, 2.05) is 39.0 Å². The summed E-state index contributed by atoms with van der Waals surface area (Å²) in [7, 11) is 1.38. The lowest BCUT2D eigenvalue weighted by molar-refractivity contribution is -0.136. The number of esters is 1. The fourth-order valence-corrected chi connectivity index (χ4v) is 5.21. The first kappa shape index (κ1) is 19.2. The van der Waals surface area contributed by atoms with Gasteiger partial charge in [-0.2, -0.15) is 11.3 Å². The van der Waals surface area contributed by atoms with Crippen LogP contribution in [0, 0.1) is 0 Å². The number of thioether (sulfide) groups is 1. The topological polar surface area (TPSA) is 71.4 Å². The number of rotatable bonds is 4. The van der Waals surface area contributed by atoms with Gasteiger partial charge in [0.15, 0.2) is 5.17 Å². The number of thiophene rings is 1. The van der Waals surface area contributed by atoms with E-state index in [1.54, 1.807) is 11.3 Å². The summed E-state index contributed by atoms with van der Waals surface area (Å²) in [5.74, 6) is -0.335. The number of methoxy groups -OCH3 is 1. The highest BCUT2D eigenvalue weighted by atomic mass is 32.2. The van der Waals surface area contributed by atoms with Crippen LogP contribution in [0.25, 0.3) is 0 Å². The summed E-state index contributed by atoms with van der Waals surface area (Å²) in [6.07, 6.45) is 0.264. The average Bonchev–Trinajstić information content (AvgIpc) is 3.37. The molecule has 4 rings (SSSR count). The molecule has 7 nitrogen and oxygen atoms in total. The van der Waals surface area contributed by atoms with Crippen LogP contribution in [-0.4, -0.2) is 60.3 Å². The van der Waals surface area contributed by atoms with Crippen molar-refractivity contribution in [3.63, 3.8) is 0 Å².